The van der Waals surface area contributed by atoms with Gasteiger partial charge >= 0.3 is 0 Å². The predicted molar refractivity (Wildman–Crippen MR) is 82.9 cm³/mol. The Balaban J connectivity index is 2.01. The molecule has 0 saturated heterocycles. The standard InChI is InChI=1S/C17H24OS/c1-17(2,3)13-8-10-15(11-9-13)19-16-7-5-4-6-14(18)12-16/h8-11,16H,4-7,12H2,1-3H3/t16-/m0/s1. The second kappa shape index (κ2) is 6.13. The summed E-state index contributed by atoms with van der Waals surface area (Å²) in [6.07, 6.45) is 5.01. The van der Waals surface area contributed by atoms with Gasteiger partial charge < -0.3 is 0 Å². The molecule has 2 rings (SSSR count). The molecule has 0 radical (unpaired) electrons. The molecule has 0 N–H and O–H groups in total. The van der Waals surface area contributed by atoms with Crippen molar-refractivity contribution in [2.24, 2.45) is 0 Å². The van der Waals surface area contributed by atoms with Gasteiger partial charge in [0.25, 0.3) is 0 Å². The highest BCUT2D eigenvalue weighted by Gasteiger charge is 2.19. The van der Waals surface area contributed by atoms with Crippen LogP contribution in [0.3, 0.4) is 0 Å². The second-order valence-electron chi connectivity index (χ2n) is 6.50. The van der Waals surface area contributed by atoms with Gasteiger partial charge in [0.05, 0.1) is 0 Å². The lowest BCUT2D eigenvalue weighted by atomic mass is 9.87. The Labute approximate surface area is 121 Å². The molecule has 0 spiro atoms. The quantitative estimate of drug-likeness (QED) is 0.709. The largest absolute Gasteiger partial charge is 0.300 e. The summed E-state index contributed by atoms with van der Waals surface area (Å²) in [6.45, 7) is 6.71. The molecule has 1 aromatic carbocycles. The van der Waals surface area contributed by atoms with Crippen molar-refractivity contribution in [2.75, 3.05) is 0 Å². The minimum Gasteiger partial charge on any atom is -0.300 e. The third-order valence-corrected chi connectivity index (χ3v) is 4.99. The first-order valence-corrected chi connectivity index (χ1v) is 8.12. The monoisotopic (exact) mass is 276 g/mol. The topological polar surface area (TPSA) is 17.1 Å². The van der Waals surface area contributed by atoms with Gasteiger partial charge in [0.2, 0.25) is 0 Å². The van der Waals surface area contributed by atoms with Gasteiger partial charge in [-0.2, -0.15) is 0 Å². The molecule has 0 heterocycles. The molecule has 0 aliphatic heterocycles. The van der Waals surface area contributed by atoms with Crippen LogP contribution in [0, 0.1) is 0 Å². The lowest BCUT2D eigenvalue weighted by Gasteiger charge is -2.19. The zero-order chi connectivity index (χ0) is 13.9. The predicted octanol–water partition coefficient (Wildman–Crippen LogP) is 4.98. The molecule has 0 bridgehead atoms. The summed E-state index contributed by atoms with van der Waals surface area (Å²) < 4.78 is 0. The Morgan fingerprint density at radius 2 is 1.79 bits per heavy atom. The third kappa shape index (κ3) is 4.38. The molecule has 1 nitrogen and oxygen atoms in total. The van der Waals surface area contributed by atoms with Crippen molar-refractivity contribution in [1.29, 1.82) is 0 Å². The Bertz CT molecular complexity index is 428. The molecule has 0 amide bonds. The average molecular weight is 276 g/mol. The highest BCUT2D eigenvalue weighted by atomic mass is 32.2. The molecular weight excluding hydrogens is 252 g/mol. The van der Waals surface area contributed by atoms with Crippen LogP contribution in [0.4, 0.5) is 0 Å². The van der Waals surface area contributed by atoms with Gasteiger partial charge in [0, 0.05) is 23.0 Å². The zero-order valence-corrected chi connectivity index (χ0v) is 13.1. The van der Waals surface area contributed by atoms with E-state index in [1.165, 1.54) is 23.3 Å². The average Bonchev–Trinajstić information content (AvgIpc) is 2.53. The SMILES string of the molecule is CC(C)(C)c1ccc(S[C@H]2CCCCC(=O)C2)cc1. The Hall–Kier alpha value is -0.760. The van der Waals surface area contributed by atoms with Crippen LogP contribution in [0.2, 0.25) is 0 Å². The van der Waals surface area contributed by atoms with E-state index in [1.54, 1.807) is 0 Å². The van der Waals surface area contributed by atoms with Crippen LogP contribution >= 0.6 is 11.8 Å². The first-order valence-electron chi connectivity index (χ1n) is 7.24. The van der Waals surface area contributed by atoms with Crippen LogP contribution in [0.5, 0.6) is 0 Å². The number of benzene rings is 1. The summed E-state index contributed by atoms with van der Waals surface area (Å²) >= 11 is 1.88. The fourth-order valence-corrected chi connectivity index (χ4v) is 3.71. The van der Waals surface area contributed by atoms with Crippen molar-refractivity contribution >= 4 is 17.5 Å². The van der Waals surface area contributed by atoms with E-state index in [0.29, 0.717) is 11.0 Å². The van der Waals surface area contributed by atoms with Gasteiger partial charge in [0.15, 0.2) is 0 Å². The first-order chi connectivity index (χ1) is 8.95. The van der Waals surface area contributed by atoms with E-state index in [9.17, 15) is 4.79 Å². The van der Waals surface area contributed by atoms with Gasteiger partial charge in [-0.25, -0.2) is 0 Å². The second-order valence-corrected chi connectivity index (χ2v) is 7.88. The van der Waals surface area contributed by atoms with Crippen molar-refractivity contribution in [3.8, 4) is 0 Å². The van der Waals surface area contributed by atoms with Crippen LogP contribution in [-0.2, 0) is 10.2 Å². The van der Waals surface area contributed by atoms with Gasteiger partial charge in [-0.05, 0) is 36.0 Å². The van der Waals surface area contributed by atoms with E-state index in [2.05, 4.69) is 45.0 Å². The third-order valence-electron chi connectivity index (χ3n) is 3.71. The van der Waals surface area contributed by atoms with Crippen LogP contribution in [-0.4, -0.2) is 11.0 Å². The number of ketones is 1. The number of carbonyl (C=O) groups excluding carboxylic acids is 1. The fourth-order valence-electron chi connectivity index (χ4n) is 2.48. The lowest BCUT2D eigenvalue weighted by Crippen LogP contribution is -2.10. The summed E-state index contributed by atoms with van der Waals surface area (Å²) in [5, 5.41) is 0.482. The highest BCUT2D eigenvalue weighted by molar-refractivity contribution is 8.00. The molecule has 0 aromatic heterocycles. The maximum absolute atomic E-state index is 11.7. The maximum atomic E-state index is 11.7. The molecular formula is C17H24OS. The van der Waals surface area contributed by atoms with Gasteiger partial charge in [0.1, 0.15) is 5.78 Å². The molecule has 1 aromatic rings. The smallest absolute Gasteiger partial charge is 0.134 e. The minimum atomic E-state index is 0.210. The number of thioether (sulfide) groups is 1. The fraction of sp³-hybridized carbons (Fsp3) is 0.588. The normalized spacial score (nSPS) is 21.2. The molecule has 1 fully saturated rings. The van der Waals surface area contributed by atoms with Crippen LogP contribution < -0.4 is 0 Å². The highest BCUT2D eigenvalue weighted by Crippen LogP contribution is 2.33. The molecule has 1 aliphatic rings. The van der Waals surface area contributed by atoms with E-state index in [0.717, 1.165) is 19.3 Å². The first kappa shape index (κ1) is 14.6. The number of rotatable bonds is 2. The molecule has 1 saturated carbocycles. The zero-order valence-electron chi connectivity index (χ0n) is 12.2. The van der Waals surface area contributed by atoms with Gasteiger partial charge in [-0.1, -0.05) is 39.3 Å². The van der Waals surface area contributed by atoms with E-state index in [4.69, 9.17) is 0 Å². The molecule has 1 atom stereocenters. The Kier molecular flexibility index (Phi) is 4.72. The van der Waals surface area contributed by atoms with Crippen molar-refractivity contribution in [1.82, 2.24) is 0 Å². The van der Waals surface area contributed by atoms with Crippen molar-refractivity contribution in [3.05, 3.63) is 29.8 Å². The van der Waals surface area contributed by atoms with Gasteiger partial charge in [-0.3, -0.25) is 4.79 Å². The summed E-state index contributed by atoms with van der Waals surface area (Å²) in [5.41, 5.74) is 1.58. The molecule has 1 aliphatic carbocycles. The number of hydrogen-bond donors (Lipinski definition) is 0. The van der Waals surface area contributed by atoms with E-state index in [-0.39, 0.29) is 5.41 Å². The molecule has 2 heteroatoms. The molecule has 104 valence electrons. The summed E-state index contributed by atoms with van der Waals surface area (Å²) in [6, 6.07) is 8.86. The van der Waals surface area contributed by atoms with Crippen molar-refractivity contribution in [2.45, 2.75) is 68.4 Å². The summed E-state index contributed by atoms with van der Waals surface area (Å²) in [4.78, 5) is 13.0. The van der Waals surface area contributed by atoms with Crippen molar-refractivity contribution < 1.29 is 4.79 Å². The van der Waals surface area contributed by atoms with Crippen LogP contribution in [0.15, 0.2) is 29.2 Å². The number of Topliss-reactive ketones (excluding diaryl/α,β-unsaturated/α-hetero) is 1. The van der Waals surface area contributed by atoms with E-state index < -0.39 is 0 Å². The van der Waals surface area contributed by atoms with E-state index in [1.807, 2.05) is 11.8 Å². The van der Waals surface area contributed by atoms with Crippen molar-refractivity contribution in [3.63, 3.8) is 0 Å². The summed E-state index contributed by atoms with van der Waals surface area (Å²) in [7, 11) is 0. The minimum absolute atomic E-state index is 0.210. The number of hydrogen-bond acceptors (Lipinski definition) is 2. The van der Waals surface area contributed by atoms with Crippen LogP contribution in [0.1, 0.15) is 58.4 Å². The Morgan fingerprint density at radius 3 is 2.42 bits per heavy atom. The van der Waals surface area contributed by atoms with E-state index >= 15 is 0 Å². The van der Waals surface area contributed by atoms with Gasteiger partial charge in [-0.15, -0.1) is 11.8 Å². The lowest BCUT2D eigenvalue weighted by molar-refractivity contribution is -0.118. The Morgan fingerprint density at radius 1 is 1.11 bits per heavy atom. The molecule has 19 heavy (non-hydrogen) atoms. The number of carbonyl (C=O) groups is 1. The molecule has 0 unspecified atom stereocenters. The maximum Gasteiger partial charge on any atom is 0.134 e. The van der Waals surface area contributed by atoms with Crippen LogP contribution in [0.25, 0.3) is 0 Å². The summed E-state index contributed by atoms with van der Waals surface area (Å²) in [5.74, 6) is 0.446.